The first-order valence-corrected chi connectivity index (χ1v) is 6.31. The Kier molecular flexibility index (Phi) is 6.27. The van der Waals surface area contributed by atoms with Gasteiger partial charge in [-0.2, -0.15) is 11.8 Å². The first-order chi connectivity index (χ1) is 7.34. The SMILES string of the molecule is C=COCCCNC(=O)C1CSCCN1. The van der Waals surface area contributed by atoms with Gasteiger partial charge in [0.1, 0.15) is 0 Å². The van der Waals surface area contributed by atoms with E-state index in [-0.39, 0.29) is 11.9 Å². The summed E-state index contributed by atoms with van der Waals surface area (Å²) in [6, 6.07) is -0.0240. The number of carbonyl (C=O) groups is 1. The van der Waals surface area contributed by atoms with E-state index in [2.05, 4.69) is 17.2 Å². The molecule has 5 heteroatoms. The molecule has 1 aliphatic heterocycles. The van der Waals surface area contributed by atoms with Crippen molar-refractivity contribution in [2.24, 2.45) is 0 Å². The van der Waals surface area contributed by atoms with Crippen molar-refractivity contribution < 1.29 is 9.53 Å². The van der Waals surface area contributed by atoms with Crippen LogP contribution in [0.5, 0.6) is 0 Å². The van der Waals surface area contributed by atoms with Crippen LogP contribution in [0, 0.1) is 0 Å². The van der Waals surface area contributed by atoms with Gasteiger partial charge in [0.2, 0.25) is 5.91 Å². The van der Waals surface area contributed by atoms with Gasteiger partial charge in [0.05, 0.1) is 18.9 Å². The number of hydrogen-bond acceptors (Lipinski definition) is 4. The minimum absolute atomic E-state index is 0.0240. The van der Waals surface area contributed by atoms with Crippen molar-refractivity contribution in [1.82, 2.24) is 10.6 Å². The predicted octanol–water partition coefficient (Wildman–Crippen LogP) is 0.358. The molecule has 1 atom stereocenters. The summed E-state index contributed by atoms with van der Waals surface area (Å²) in [6.07, 6.45) is 2.23. The summed E-state index contributed by atoms with van der Waals surface area (Å²) < 4.78 is 4.95. The number of rotatable bonds is 6. The summed E-state index contributed by atoms with van der Waals surface area (Å²) in [7, 11) is 0. The zero-order valence-electron chi connectivity index (χ0n) is 8.83. The van der Waals surface area contributed by atoms with Gasteiger partial charge in [-0.1, -0.05) is 6.58 Å². The monoisotopic (exact) mass is 230 g/mol. The van der Waals surface area contributed by atoms with E-state index in [0.29, 0.717) is 13.2 Å². The maximum atomic E-state index is 11.6. The topological polar surface area (TPSA) is 50.4 Å². The average molecular weight is 230 g/mol. The molecule has 1 aliphatic rings. The van der Waals surface area contributed by atoms with Crippen molar-refractivity contribution in [3.63, 3.8) is 0 Å². The molecule has 0 spiro atoms. The van der Waals surface area contributed by atoms with Crippen molar-refractivity contribution in [3.8, 4) is 0 Å². The normalized spacial score (nSPS) is 20.7. The maximum absolute atomic E-state index is 11.6. The van der Waals surface area contributed by atoms with E-state index in [9.17, 15) is 4.79 Å². The van der Waals surface area contributed by atoms with Gasteiger partial charge in [-0.15, -0.1) is 0 Å². The van der Waals surface area contributed by atoms with Gasteiger partial charge in [-0.25, -0.2) is 0 Å². The van der Waals surface area contributed by atoms with Gasteiger partial charge in [0.15, 0.2) is 0 Å². The van der Waals surface area contributed by atoms with Crippen molar-refractivity contribution >= 4 is 17.7 Å². The smallest absolute Gasteiger partial charge is 0.237 e. The first kappa shape index (κ1) is 12.4. The summed E-state index contributed by atoms with van der Waals surface area (Å²) in [4.78, 5) is 11.6. The fraction of sp³-hybridized carbons (Fsp3) is 0.700. The lowest BCUT2D eigenvalue weighted by Gasteiger charge is -2.22. The lowest BCUT2D eigenvalue weighted by atomic mass is 10.3. The Labute approximate surface area is 94.8 Å². The highest BCUT2D eigenvalue weighted by molar-refractivity contribution is 7.99. The molecule has 0 bridgehead atoms. The summed E-state index contributed by atoms with van der Waals surface area (Å²) >= 11 is 1.82. The van der Waals surface area contributed by atoms with Crippen LogP contribution in [0.4, 0.5) is 0 Å². The molecule has 0 radical (unpaired) electrons. The van der Waals surface area contributed by atoms with Crippen LogP contribution in [-0.2, 0) is 9.53 Å². The molecule has 0 aliphatic carbocycles. The van der Waals surface area contributed by atoms with Crippen molar-refractivity contribution in [1.29, 1.82) is 0 Å². The van der Waals surface area contributed by atoms with E-state index in [0.717, 1.165) is 24.5 Å². The van der Waals surface area contributed by atoms with Crippen molar-refractivity contribution in [2.75, 3.05) is 31.2 Å². The van der Waals surface area contributed by atoms with Crippen LogP contribution in [0.2, 0.25) is 0 Å². The largest absolute Gasteiger partial charge is 0.502 e. The van der Waals surface area contributed by atoms with Crippen LogP contribution in [0.15, 0.2) is 12.8 Å². The first-order valence-electron chi connectivity index (χ1n) is 5.16. The molecule has 0 aromatic heterocycles. The molecule has 0 saturated carbocycles. The third-order valence-corrected chi connectivity index (χ3v) is 3.16. The third kappa shape index (κ3) is 5.09. The second-order valence-corrected chi connectivity index (χ2v) is 4.41. The molecular weight excluding hydrogens is 212 g/mol. The van der Waals surface area contributed by atoms with Crippen LogP contribution in [0.1, 0.15) is 6.42 Å². The fourth-order valence-electron chi connectivity index (χ4n) is 1.31. The number of ether oxygens (including phenoxy) is 1. The molecule has 0 aromatic carbocycles. The van der Waals surface area contributed by atoms with E-state index >= 15 is 0 Å². The highest BCUT2D eigenvalue weighted by atomic mass is 32.2. The van der Waals surface area contributed by atoms with Crippen molar-refractivity contribution in [3.05, 3.63) is 12.8 Å². The van der Waals surface area contributed by atoms with Gasteiger partial charge >= 0.3 is 0 Å². The Morgan fingerprint density at radius 3 is 3.27 bits per heavy atom. The van der Waals surface area contributed by atoms with Gasteiger partial charge in [-0.3, -0.25) is 4.79 Å². The second kappa shape index (κ2) is 7.59. The van der Waals surface area contributed by atoms with E-state index in [4.69, 9.17) is 4.74 Å². The Balaban J connectivity index is 2.04. The van der Waals surface area contributed by atoms with E-state index in [1.165, 1.54) is 6.26 Å². The molecule has 1 heterocycles. The van der Waals surface area contributed by atoms with Crippen molar-refractivity contribution in [2.45, 2.75) is 12.5 Å². The lowest BCUT2D eigenvalue weighted by Crippen LogP contribution is -2.49. The molecule has 2 N–H and O–H groups in total. The molecule has 0 aromatic rings. The maximum Gasteiger partial charge on any atom is 0.237 e. The molecule has 1 amide bonds. The molecule has 1 fully saturated rings. The fourth-order valence-corrected chi connectivity index (χ4v) is 2.24. The number of thioether (sulfide) groups is 1. The average Bonchev–Trinajstić information content (AvgIpc) is 2.30. The Hall–Kier alpha value is -0.680. The number of nitrogens with one attached hydrogen (secondary N) is 2. The Morgan fingerprint density at radius 1 is 1.73 bits per heavy atom. The molecule has 15 heavy (non-hydrogen) atoms. The van der Waals surface area contributed by atoms with Gasteiger partial charge in [0.25, 0.3) is 0 Å². The molecule has 1 saturated heterocycles. The molecular formula is C10H18N2O2S. The molecule has 1 unspecified atom stereocenters. The lowest BCUT2D eigenvalue weighted by molar-refractivity contribution is -0.122. The number of amides is 1. The molecule has 4 nitrogen and oxygen atoms in total. The zero-order chi connectivity index (χ0) is 10.9. The van der Waals surface area contributed by atoms with Crippen LogP contribution in [0.3, 0.4) is 0 Å². The Morgan fingerprint density at radius 2 is 2.60 bits per heavy atom. The summed E-state index contributed by atoms with van der Waals surface area (Å²) in [5.41, 5.74) is 0. The molecule has 86 valence electrons. The van der Waals surface area contributed by atoms with Gasteiger partial charge in [0, 0.05) is 24.6 Å². The highest BCUT2D eigenvalue weighted by Crippen LogP contribution is 2.07. The quantitative estimate of drug-likeness (QED) is 0.511. The van der Waals surface area contributed by atoms with Gasteiger partial charge < -0.3 is 15.4 Å². The number of carbonyl (C=O) groups excluding carboxylic acids is 1. The third-order valence-electron chi connectivity index (χ3n) is 2.09. The predicted molar refractivity (Wildman–Crippen MR) is 62.9 cm³/mol. The van der Waals surface area contributed by atoms with E-state index in [1.54, 1.807) is 0 Å². The minimum Gasteiger partial charge on any atom is -0.502 e. The minimum atomic E-state index is -0.0240. The highest BCUT2D eigenvalue weighted by Gasteiger charge is 2.19. The van der Waals surface area contributed by atoms with Crippen LogP contribution >= 0.6 is 11.8 Å². The van der Waals surface area contributed by atoms with E-state index < -0.39 is 0 Å². The summed E-state index contributed by atoms with van der Waals surface area (Å²) in [5.74, 6) is 2.06. The van der Waals surface area contributed by atoms with E-state index in [1.807, 2.05) is 11.8 Å². The molecule has 1 rings (SSSR count). The van der Waals surface area contributed by atoms with Gasteiger partial charge in [-0.05, 0) is 6.42 Å². The summed E-state index contributed by atoms with van der Waals surface area (Å²) in [6.45, 7) is 5.63. The van der Waals surface area contributed by atoms with Crippen LogP contribution in [0.25, 0.3) is 0 Å². The number of hydrogen-bond donors (Lipinski definition) is 2. The summed E-state index contributed by atoms with van der Waals surface area (Å²) in [5, 5.41) is 6.07. The second-order valence-electron chi connectivity index (χ2n) is 3.26. The van der Waals surface area contributed by atoms with Crippen LogP contribution in [-0.4, -0.2) is 43.2 Å². The Bertz CT molecular complexity index is 206. The van der Waals surface area contributed by atoms with Crippen LogP contribution < -0.4 is 10.6 Å². The standard InChI is InChI=1S/C10H18N2O2S/c1-2-14-6-3-4-12-10(13)9-8-15-7-5-11-9/h2,9,11H,1,3-8H2,(H,12,13). The zero-order valence-corrected chi connectivity index (χ0v) is 9.65.